The Bertz CT molecular complexity index is 979. The minimum atomic E-state index is -0.952. The van der Waals surface area contributed by atoms with Crippen molar-refractivity contribution in [1.82, 2.24) is 20.4 Å². The van der Waals surface area contributed by atoms with Crippen molar-refractivity contribution in [3.8, 4) is 0 Å². The highest BCUT2D eigenvalue weighted by atomic mass is 16.3. The van der Waals surface area contributed by atoms with E-state index >= 15 is 0 Å². The van der Waals surface area contributed by atoms with Gasteiger partial charge in [-0.1, -0.05) is 6.07 Å². The first-order chi connectivity index (χ1) is 14.9. The molecule has 0 radical (unpaired) electrons. The smallest absolute Gasteiger partial charge is 0.262 e. The van der Waals surface area contributed by atoms with Gasteiger partial charge in [-0.25, -0.2) is 0 Å². The quantitative estimate of drug-likeness (QED) is 0.555. The highest BCUT2D eigenvalue weighted by Gasteiger charge is 2.48. The summed E-state index contributed by atoms with van der Waals surface area (Å²) >= 11 is 0. The molecule has 3 atom stereocenters. The van der Waals surface area contributed by atoms with Crippen LogP contribution in [-0.4, -0.2) is 77.4 Å². The zero-order valence-electron chi connectivity index (χ0n) is 17.2. The van der Waals surface area contributed by atoms with Crippen LogP contribution in [0.25, 0.3) is 0 Å². The fraction of sp³-hybridized carbons (Fsp3) is 0.545. The normalized spacial score (nSPS) is 31.1. The molecule has 1 aromatic rings. The monoisotopic (exact) mass is 426 g/mol. The number of rotatable bonds is 4. The molecule has 0 aliphatic carbocycles. The predicted molar refractivity (Wildman–Crippen MR) is 109 cm³/mol. The Labute approximate surface area is 179 Å². The molecule has 1 aromatic carbocycles. The van der Waals surface area contributed by atoms with Crippen LogP contribution in [0, 0.1) is 11.3 Å². The summed E-state index contributed by atoms with van der Waals surface area (Å²) in [6.45, 7) is 4.30. The topological polar surface area (TPSA) is 119 Å². The van der Waals surface area contributed by atoms with Gasteiger partial charge in [-0.05, 0) is 49.5 Å². The van der Waals surface area contributed by atoms with E-state index in [-0.39, 0.29) is 30.8 Å². The molecule has 4 aliphatic rings. The summed E-state index contributed by atoms with van der Waals surface area (Å²) < 4.78 is 0. The number of imide groups is 2. The molecule has 0 saturated carbocycles. The van der Waals surface area contributed by atoms with Gasteiger partial charge < -0.3 is 10.4 Å². The number of likely N-dealkylation sites (tertiary alicyclic amines) is 1. The van der Waals surface area contributed by atoms with Crippen molar-refractivity contribution >= 4 is 23.6 Å². The third-order valence-electron chi connectivity index (χ3n) is 7.30. The molecule has 31 heavy (non-hydrogen) atoms. The number of carbonyl (C=O) groups is 4. The zero-order chi connectivity index (χ0) is 21.8. The van der Waals surface area contributed by atoms with Gasteiger partial charge in [0.1, 0.15) is 6.04 Å². The first kappa shape index (κ1) is 20.3. The Kier molecular flexibility index (Phi) is 4.91. The largest absolute Gasteiger partial charge is 0.396 e. The van der Waals surface area contributed by atoms with E-state index in [0.717, 1.165) is 43.1 Å². The fourth-order valence-corrected chi connectivity index (χ4v) is 5.58. The molecule has 4 aliphatic heterocycles. The maximum Gasteiger partial charge on any atom is 0.262 e. The molecular formula is C22H26N4O5. The van der Waals surface area contributed by atoms with Gasteiger partial charge in [-0.3, -0.25) is 34.3 Å². The Balaban J connectivity index is 1.34. The van der Waals surface area contributed by atoms with Crippen LogP contribution >= 0.6 is 0 Å². The number of piperidine rings is 2. The second-order valence-corrected chi connectivity index (χ2v) is 9.17. The van der Waals surface area contributed by atoms with E-state index in [1.165, 1.54) is 0 Å². The fourth-order valence-electron chi connectivity index (χ4n) is 5.58. The number of carbonyl (C=O) groups excluding carboxylic acids is 4. The first-order valence-electron chi connectivity index (χ1n) is 10.8. The molecule has 0 spiro atoms. The van der Waals surface area contributed by atoms with Gasteiger partial charge in [-0.2, -0.15) is 0 Å². The number of nitrogens with one attached hydrogen (secondary N) is 2. The van der Waals surface area contributed by atoms with Gasteiger partial charge >= 0.3 is 0 Å². The lowest BCUT2D eigenvalue weighted by molar-refractivity contribution is -0.136. The van der Waals surface area contributed by atoms with Crippen LogP contribution in [0.1, 0.15) is 45.5 Å². The van der Waals surface area contributed by atoms with Crippen molar-refractivity contribution in [2.24, 2.45) is 11.3 Å². The van der Waals surface area contributed by atoms with Gasteiger partial charge in [0.15, 0.2) is 0 Å². The lowest BCUT2D eigenvalue weighted by Crippen LogP contribution is -2.54. The average molecular weight is 426 g/mol. The Morgan fingerprint density at radius 2 is 1.94 bits per heavy atom. The van der Waals surface area contributed by atoms with E-state index in [1.54, 1.807) is 12.1 Å². The van der Waals surface area contributed by atoms with E-state index in [9.17, 15) is 24.3 Å². The average Bonchev–Trinajstić information content (AvgIpc) is 3.24. The van der Waals surface area contributed by atoms with Crippen LogP contribution < -0.4 is 10.6 Å². The van der Waals surface area contributed by atoms with E-state index in [4.69, 9.17) is 0 Å². The molecule has 164 valence electrons. The summed E-state index contributed by atoms with van der Waals surface area (Å²) in [6.07, 6.45) is 1.20. The molecule has 4 heterocycles. The minimum absolute atomic E-state index is 0.0731. The molecule has 3 N–H and O–H groups in total. The second kappa shape index (κ2) is 7.51. The molecular weight excluding hydrogens is 400 g/mol. The van der Waals surface area contributed by atoms with E-state index < -0.39 is 23.8 Å². The standard InChI is InChI=1S/C22H26N4O5/c27-12-22-5-6-23-8-14(22)10-25(11-22)9-13-1-2-15-16(7-13)21(31)26(20(15)30)17-3-4-18(28)24-19(17)29/h1-2,7,14,17,23,27H,3-6,8-12H2,(H,24,28,29). The molecule has 9 heteroatoms. The Morgan fingerprint density at radius 3 is 2.68 bits per heavy atom. The van der Waals surface area contributed by atoms with Crippen molar-refractivity contribution in [1.29, 1.82) is 0 Å². The van der Waals surface area contributed by atoms with Crippen molar-refractivity contribution in [3.05, 3.63) is 34.9 Å². The van der Waals surface area contributed by atoms with Crippen LogP contribution in [0.4, 0.5) is 0 Å². The highest BCUT2D eigenvalue weighted by molar-refractivity contribution is 6.23. The Morgan fingerprint density at radius 1 is 1.13 bits per heavy atom. The van der Waals surface area contributed by atoms with Crippen LogP contribution in [0.2, 0.25) is 0 Å². The summed E-state index contributed by atoms with van der Waals surface area (Å²) in [4.78, 5) is 52.8. The number of amides is 4. The molecule has 3 saturated heterocycles. The van der Waals surface area contributed by atoms with Crippen LogP contribution in [0.5, 0.6) is 0 Å². The lowest BCUT2D eigenvalue weighted by Gasteiger charge is -2.37. The number of fused-ring (bicyclic) bond motifs is 2. The number of benzene rings is 1. The molecule has 0 bridgehead atoms. The number of hydrogen-bond donors (Lipinski definition) is 3. The van der Waals surface area contributed by atoms with E-state index in [1.807, 2.05) is 6.07 Å². The van der Waals surface area contributed by atoms with Gasteiger partial charge in [0, 0.05) is 31.5 Å². The van der Waals surface area contributed by atoms with E-state index in [2.05, 4.69) is 15.5 Å². The zero-order valence-corrected chi connectivity index (χ0v) is 17.2. The first-order valence-corrected chi connectivity index (χ1v) is 10.8. The number of hydrogen-bond acceptors (Lipinski definition) is 7. The highest BCUT2D eigenvalue weighted by Crippen LogP contribution is 2.41. The molecule has 5 rings (SSSR count). The third-order valence-corrected chi connectivity index (χ3v) is 7.30. The lowest BCUT2D eigenvalue weighted by atomic mass is 9.74. The molecule has 0 aromatic heterocycles. The SMILES string of the molecule is O=C1CCC(N2C(=O)c3ccc(CN4CC5CNCCC5(CO)C4)cc3C2=O)C(=O)N1. The van der Waals surface area contributed by atoms with Gasteiger partial charge in [-0.15, -0.1) is 0 Å². The summed E-state index contributed by atoms with van der Waals surface area (Å²) in [5.41, 5.74) is 1.45. The molecule has 3 fully saturated rings. The van der Waals surface area contributed by atoms with E-state index in [0.29, 0.717) is 23.6 Å². The molecule has 3 unspecified atom stereocenters. The predicted octanol–water partition coefficient (Wildman–Crippen LogP) is -0.508. The maximum absolute atomic E-state index is 13.0. The van der Waals surface area contributed by atoms with Crippen molar-refractivity contribution in [2.45, 2.75) is 31.8 Å². The second-order valence-electron chi connectivity index (χ2n) is 9.17. The summed E-state index contributed by atoms with van der Waals surface area (Å²) in [6, 6.07) is 4.30. The summed E-state index contributed by atoms with van der Waals surface area (Å²) in [7, 11) is 0. The number of nitrogens with zero attached hydrogens (tertiary/aromatic N) is 2. The molecule has 9 nitrogen and oxygen atoms in total. The third kappa shape index (κ3) is 3.28. The van der Waals surface area contributed by atoms with Gasteiger partial charge in [0.25, 0.3) is 11.8 Å². The maximum atomic E-state index is 13.0. The number of aliphatic hydroxyl groups is 1. The van der Waals surface area contributed by atoms with Gasteiger partial charge in [0.05, 0.1) is 17.7 Å². The number of aliphatic hydroxyl groups excluding tert-OH is 1. The van der Waals surface area contributed by atoms with Gasteiger partial charge in [0.2, 0.25) is 11.8 Å². The van der Waals surface area contributed by atoms with Crippen LogP contribution in [-0.2, 0) is 16.1 Å². The van der Waals surface area contributed by atoms with Crippen LogP contribution in [0.15, 0.2) is 18.2 Å². The van der Waals surface area contributed by atoms with Crippen LogP contribution in [0.3, 0.4) is 0 Å². The van der Waals surface area contributed by atoms with Crippen molar-refractivity contribution in [3.63, 3.8) is 0 Å². The Hall–Kier alpha value is -2.62. The van der Waals surface area contributed by atoms with Crippen molar-refractivity contribution in [2.75, 3.05) is 32.8 Å². The molecule has 4 amide bonds. The van der Waals surface area contributed by atoms with Crippen molar-refractivity contribution < 1.29 is 24.3 Å². The summed E-state index contributed by atoms with van der Waals surface area (Å²) in [5, 5.41) is 15.6. The minimum Gasteiger partial charge on any atom is -0.396 e. The summed E-state index contributed by atoms with van der Waals surface area (Å²) in [5.74, 6) is -1.57.